The fraction of sp³-hybridized carbons (Fsp3) is 0.333. The van der Waals surface area contributed by atoms with E-state index in [9.17, 15) is 9.59 Å². The Morgan fingerprint density at radius 1 is 1.67 bits per heavy atom. The van der Waals surface area contributed by atoms with Gasteiger partial charge in [-0.1, -0.05) is 0 Å². The second-order valence-corrected chi connectivity index (χ2v) is 2.04. The second kappa shape index (κ2) is 3.00. The molecule has 0 saturated heterocycles. The molecule has 62 valence electrons. The Morgan fingerprint density at radius 2 is 2.33 bits per heavy atom. The van der Waals surface area contributed by atoms with Crippen molar-refractivity contribution in [2.24, 2.45) is 0 Å². The van der Waals surface area contributed by atoms with Crippen LogP contribution in [0, 0.1) is 11.3 Å². The van der Waals surface area contributed by atoms with Crippen molar-refractivity contribution >= 4 is 0 Å². The van der Waals surface area contributed by atoms with E-state index in [1.165, 1.54) is 0 Å². The van der Waals surface area contributed by atoms with E-state index >= 15 is 0 Å². The summed E-state index contributed by atoms with van der Waals surface area (Å²) in [6, 6.07) is 1.58. The molecular weight excluding hydrogens is 160 g/mol. The molecule has 12 heavy (non-hydrogen) atoms. The van der Waals surface area contributed by atoms with Crippen LogP contribution in [0.25, 0.3) is 0 Å². The first-order valence-corrected chi connectivity index (χ1v) is 3.30. The summed E-state index contributed by atoms with van der Waals surface area (Å²) < 4.78 is 1.01. The SMILES string of the molecule is CCn1nc(C#N)c(=O)[nH]c1=O. The first-order valence-electron chi connectivity index (χ1n) is 3.30. The summed E-state index contributed by atoms with van der Waals surface area (Å²) >= 11 is 0. The number of nitrogens with zero attached hydrogens (tertiary/aromatic N) is 3. The van der Waals surface area contributed by atoms with Gasteiger partial charge >= 0.3 is 5.69 Å². The Kier molecular flexibility index (Phi) is 2.05. The molecule has 0 spiro atoms. The van der Waals surface area contributed by atoms with Gasteiger partial charge in [0.15, 0.2) is 0 Å². The standard InChI is InChI=1S/C6H6N4O2/c1-2-10-6(12)8-5(11)4(3-7)9-10/h2H2,1H3,(H,8,11,12). The van der Waals surface area contributed by atoms with Crippen molar-refractivity contribution in [3.8, 4) is 6.07 Å². The molecule has 0 amide bonds. The molecule has 6 nitrogen and oxygen atoms in total. The first kappa shape index (κ1) is 8.20. The van der Waals surface area contributed by atoms with Crippen LogP contribution in [0.15, 0.2) is 9.59 Å². The zero-order valence-corrected chi connectivity index (χ0v) is 6.37. The minimum absolute atomic E-state index is 0.295. The number of aromatic nitrogens is 3. The van der Waals surface area contributed by atoms with Crippen LogP contribution < -0.4 is 11.2 Å². The van der Waals surface area contributed by atoms with Crippen molar-refractivity contribution in [2.75, 3.05) is 0 Å². The van der Waals surface area contributed by atoms with Crippen LogP contribution in [0.2, 0.25) is 0 Å². The van der Waals surface area contributed by atoms with Gasteiger partial charge in [0.05, 0.1) is 0 Å². The number of aromatic amines is 1. The number of H-pyrrole nitrogens is 1. The molecule has 0 bridgehead atoms. The Labute approximate surface area is 67.1 Å². The third-order valence-electron chi connectivity index (χ3n) is 1.30. The van der Waals surface area contributed by atoms with Crippen molar-refractivity contribution in [1.82, 2.24) is 14.8 Å². The van der Waals surface area contributed by atoms with Crippen LogP contribution in [-0.2, 0) is 6.54 Å². The summed E-state index contributed by atoms with van der Waals surface area (Å²) in [7, 11) is 0. The highest BCUT2D eigenvalue weighted by Gasteiger charge is 2.02. The van der Waals surface area contributed by atoms with Crippen LogP contribution in [-0.4, -0.2) is 14.8 Å². The molecule has 0 aliphatic carbocycles. The third kappa shape index (κ3) is 1.25. The van der Waals surface area contributed by atoms with Gasteiger partial charge in [-0.2, -0.15) is 10.4 Å². The molecule has 0 aliphatic heterocycles. The number of aryl methyl sites for hydroxylation is 1. The molecule has 0 aromatic carbocycles. The fourth-order valence-corrected chi connectivity index (χ4v) is 0.720. The summed E-state index contributed by atoms with van der Waals surface area (Å²) in [5, 5.41) is 11.9. The van der Waals surface area contributed by atoms with Crippen molar-refractivity contribution in [3.63, 3.8) is 0 Å². The van der Waals surface area contributed by atoms with E-state index in [-0.39, 0.29) is 5.69 Å². The van der Waals surface area contributed by atoms with E-state index in [1.54, 1.807) is 13.0 Å². The van der Waals surface area contributed by atoms with Crippen molar-refractivity contribution in [1.29, 1.82) is 5.26 Å². The van der Waals surface area contributed by atoms with E-state index in [4.69, 9.17) is 5.26 Å². The fourth-order valence-electron chi connectivity index (χ4n) is 0.720. The lowest BCUT2D eigenvalue weighted by atomic mass is 10.5. The van der Waals surface area contributed by atoms with Crippen LogP contribution in [0.3, 0.4) is 0 Å². The van der Waals surface area contributed by atoms with Gasteiger partial charge < -0.3 is 0 Å². The van der Waals surface area contributed by atoms with Crippen LogP contribution in [0.4, 0.5) is 0 Å². The molecule has 1 heterocycles. The molecule has 1 N–H and O–H groups in total. The zero-order chi connectivity index (χ0) is 9.14. The minimum Gasteiger partial charge on any atom is -0.270 e. The van der Waals surface area contributed by atoms with Gasteiger partial charge in [-0.15, -0.1) is 0 Å². The summed E-state index contributed by atoms with van der Waals surface area (Å²) in [5.74, 6) is 0. The average Bonchev–Trinajstić information content (AvgIpc) is 2.05. The molecule has 1 rings (SSSR count). The van der Waals surface area contributed by atoms with Crippen LogP contribution in [0.1, 0.15) is 12.6 Å². The lowest BCUT2D eigenvalue weighted by Gasteiger charge is -1.96. The highest BCUT2D eigenvalue weighted by Crippen LogP contribution is 1.75. The summed E-state index contributed by atoms with van der Waals surface area (Å²) in [6.07, 6.45) is 0. The van der Waals surface area contributed by atoms with Gasteiger partial charge in [-0.25, -0.2) is 9.48 Å². The molecule has 0 radical (unpaired) electrons. The molecule has 0 saturated carbocycles. The monoisotopic (exact) mass is 166 g/mol. The number of nitriles is 1. The summed E-state index contributed by atoms with van der Waals surface area (Å²) in [4.78, 5) is 23.6. The predicted molar refractivity (Wildman–Crippen MR) is 39.5 cm³/mol. The average molecular weight is 166 g/mol. The lowest BCUT2D eigenvalue weighted by molar-refractivity contribution is 0.582. The molecule has 0 aliphatic rings. The van der Waals surface area contributed by atoms with Gasteiger partial charge in [0.25, 0.3) is 5.56 Å². The Hall–Kier alpha value is -1.90. The first-order chi connectivity index (χ1) is 5.69. The molecule has 1 aromatic rings. The smallest absolute Gasteiger partial charge is 0.270 e. The maximum atomic E-state index is 10.9. The Bertz CT molecular complexity index is 436. The van der Waals surface area contributed by atoms with E-state index < -0.39 is 11.2 Å². The summed E-state index contributed by atoms with van der Waals surface area (Å²) in [5.41, 5.74) is -1.63. The van der Waals surface area contributed by atoms with E-state index in [0.29, 0.717) is 6.54 Å². The van der Waals surface area contributed by atoms with Gasteiger partial charge in [-0.3, -0.25) is 9.78 Å². The second-order valence-electron chi connectivity index (χ2n) is 2.04. The Balaban J connectivity index is 3.51. The molecule has 0 fully saturated rings. The third-order valence-corrected chi connectivity index (χ3v) is 1.30. The van der Waals surface area contributed by atoms with Gasteiger partial charge in [-0.05, 0) is 6.92 Å². The van der Waals surface area contributed by atoms with Crippen LogP contribution >= 0.6 is 0 Å². The number of hydrogen-bond donors (Lipinski definition) is 1. The Morgan fingerprint density at radius 3 is 2.83 bits per heavy atom. The van der Waals surface area contributed by atoms with E-state index in [1.807, 2.05) is 4.98 Å². The molecule has 1 aromatic heterocycles. The van der Waals surface area contributed by atoms with Crippen molar-refractivity contribution in [3.05, 3.63) is 26.5 Å². The molecule has 6 heteroatoms. The highest BCUT2D eigenvalue weighted by molar-refractivity contribution is 5.12. The van der Waals surface area contributed by atoms with Gasteiger partial charge in [0.2, 0.25) is 5.69 Å². The largest absolute Gasteiger partial charge is 0.344 e. The maximum Gasteiger partial charge on any atom is 0.344 e. The molecule has 0 unspecified atom stereocenters. The predicted octanol–water partition coefficient (Wildman–Crippen LogP) is -1.18. The molecular formula is C6H6N4O2. The zero-order valence-electron chi connectivity index (χ0n) is 6.37. The quantitative estimate of drug-likeness (QED) is 0.568. The van der Waals surface area contributed by atoms with E-state index in [0.717, 1.165) is 4.68 Å². The van der Waals surface area contributed by atoms with Crippen molar-refractivity contribution in [2.45, 2.75) is 13.5 Å². The lowest BCUT2D eigenvalue weighted by Crippen LogP contribution is -2.33. The normalized spacial score (nSPS) is 9.33. The van der Waals surface area contributed by atoms with Gasteiger partial charge in [0, 0.05) is 6.54 Å². The van der Waals surface area contributed by atoms with Gasteiger partial charge in [0.1, 0.15) is 6.07 Å². The van der Waals surface area contributed by atoms with E-state index in [2.05, 4.69) is 5.10 Å². The van der Waals surface area contributed by atoms with Crippen molar-refractivity contribution < 1.29 is 0 Å². The topological polar surface area (TPSA) is 91.5 Å². The summed E-state index contributed by atoms with van der Waals surface area (Å²) in [6.45, 7) is 2.01. The number of hydrogen-bond acceptors (Lipinski definition) is 4. The maximum absolute atomic E-state index is 10.9. The number of nitrogens with one attached hydrogen (secondary N) is 1. The van der Waals surface area contributed by atoms with Crippen LogP contribution in [0.5, 0.6) is 0 Å². The highest BCUT2D eigenvalue weighted by atomic mass is 16.2. The molecule has 0 atom stereocenters. The minimum atomic E-state index is -0.743. The number of rotatable bonds is 1.